The number of nitrogens with two attached hydrogens (primary N) is 1. The zero-order chi connectivity index (χ0) is 14.2. The van der Waals surface area contributed by atoms with Crippen molar-refractivity contribution >= 4 is 43.3 Å². The number of carbonyl (C=O) groups is 1. The van der Waals surface area contributed by atoms with Crippen molar-refractivity contribution in [2.45, 2.75) is 0 Å². The minimum absolute atomic E-state index is 0.0280. The average molecular weight is 391 g/mol. The van der Waals surface area contributed by atoms with Gasteiger partial charge in [-0.2, -0.15) is 0 Å². The smallest absolute Gasteiger partial charge is 0.199 e. The number of nitrogen functional groups attached to an aromatic ring is 1. The van der Waals surface area contributed by atoms with Crippen LogP contribution in [0.5, 0.6) is 0 Å². The first-order chi connectivity index (χ1) is 8.90. The lowest BCUT2D eigenvalue weighted by atomic mass is 10.0. The van der Waals surface area contributed by atoms with E-state index in [0.717, 1.165) is 6.07 Å². The van der Waals surface area contributed by atoms with Crippen molar-refractivity contribution in [3.63, 3.8) is 0 Å². The molecule has 19 heavy (non-hydrogen) atoms. The molecule has 0 spiro atoms. The lowest BCUT2D eigenvalue weighted by Crippen LogP contribution is -2.08. The van der Waals surface area contributed by atoms with Crippen LogP contribution < -0.4 is 5.73 Å². The van der Waals surface area contributed by atoms with Crippen LogP contribution in [0.2, 0.25) is 0 Å². The van der Waals surface area contributed by atoms with Gasteiger partial charge in [-0.3, -0.25) is 4.79 Å². The molecule has 6 heteroatoms. The fourth-order valence-corrected chi connectivity index (χ4v) is 2.46. The van der Waals surface area contributed by atoms with Crippen molar-refractivity contribution in [3.05, 3.63) is 62.0 Å². The van der Waals surface area contributed by atoms with Gasteiger partial charge in [0.2, 0.25) is 0 Å². The van der Waals surface area contributed by atoms with Crippen molar-refractivity contribution in [1.82, 2.24) is 0 Å². The first-order valence-electron chi connectivity index (χ1n) is 5.14. The summed E-state index contributed by atoms with van der Waals surface area (Å²) in [6.07, 6.45) is 0. The fraction of sp³-hybridized carbons (Fsp3) is 0. The van der Waals surface area contributed by atoms with Gasteiger partial charge in [-0.25, -0.2) is 8.78 Å². The Balaban J connectivity index is 2.59. The van der Waals surface area contributed by atoms with Crippen molar-refractivity contribution in [2.24, 2.45) is 0 Å². The van der Waals surface area contributed by atoms with E-state index in [9.17, 15) is 13.6 Å². The number of halogens is 4. The van der Waals surface area contributed by atoms with Gasteiger partial charge in [0, 0.05) is 15.7 Å². The SMILES string of the molecule is Nc1cc(Br)cc(C(=O)c2c(F)ccc(Br)c2F)c1. The fourth-order valence-electron chi connectivity index (χ4n) is 1.62. The standard InChI is InChI=1S/C13H7Br2F2NO/c14-7-3-6(4-8(18)5-7)13(19)11-10(16)2-1-9(15)12(11)17/h1-5H,18H2. The Morgan fingerprint density at radius 3 is 2.42 bits per heavy atom. The summed E-state index contributed by atoms with van der Waals surface area (Å²) in [5, 5.41) is 0. The molecule has 0 saturated carbocycles. The van der Waals surface area contributed by atoms with Crippen LogP contribution in [0.1, 0.15) is 15.9 Å². The molecule has 2 N–H and O–H groups in total. The molecular formula is C13H7Br2F2NO. The van der Waals surface area contributed by atoms with Crippen LogP contribution in [0.15, 0.2) is 39.3 Å². The summed E-state index contributed by atoms with van der Waals surface area (Å²) in [4.78, 5) is 12.2. The normalized spacial score (nSPS) is 10.5. The van der Waals surface area contributed by atoms with Gasteiger partial charge >= 0.3 is 0 Å². The molecule has 0 amide bonds. The van der Waals surface area contributed by atoms with Crippen LogP contribution >= 0.6 is 31.9 Å². The molecule has 2 rings (SSSR count). The summed E-state index contributed by atoms with van der Waals surface area (Å²) in [5.41, 5.74) is 5.44. The van der Waals surface area contributed by atoms with Crippen molar-refractivity contribution < 1.29 is 13.6 Å². The van der Waals surface area contributed by atoms with Gasteiger partial charge in [-0.05, 0) is 46.3 Å². The lowest BCUT2D eigenvalue weighted by molar-refractivity contribution is 0.103. The Morgan fingerprint density at radius 2 is 1.79 bits per heavy atom. The summed E-state index contributed by atoms with van der Waals surface area (Å²) in [6.45, 7) is 0. The third kappa shape index (κ3) is 2.84. The van der Waals surface area contributed by atoms with Crippen LogP contribution in [0.3, 0.4) is 0 Å². The molecular weight excluding hydrogens is 384 g/mol. The van der Waals surface area contributed by atoms with Crippen LogP contribution in [-0.4, -0.2) is 5.78 Å². The molecule has 0 fully saturated rings. The Labute approximate surface area is 124 Å². The second-order valence-corrected chi connectivity index (χ2v) is 5.59. The van der Waals surface area contributed by atoms with Gasteiger partial charge in [-0.1, -0.05) is 15.9 Å². The summed E-state index contributed by atoms with van der Waals surface area (Å²) >= 11 is 6.10. The maximum Gasteiger partial charge on any atom is 0.199 e. The molecule has 0 aliphatic rings. The Kier molecular flexibility index (Phi) is 4.01. The predicted molar refractivity (Wildman–Crippen MR) is 76.0 cm³/mol. The Hall–Kier alpha value is -1.27. The highest BCUT2D eigenvalue weighted by molar-refractivity contribution is 9.10. The highest BCUT2D eigenvalue weighted by atomic mass is 79.9. The van der Waals surface area contributed by atoms with Gasteiger partial charge in [0.25, 0.3) is 0 Å². The topological polar surface area (TPSA) is 43.1 Å². The second kappa shape index (κ2) is 5.38. The molecule has 98 valence electrons. The van der Waals surface area contributed by atoms with E-state index in [4.69, 9.17) is 5.73 Å². The van der Waals surface area contributed by atoms with Crippen LogP contribution in [0.25, 0.3) is 0 Å². The molecule has 0 saturated heterocycles. The monoisotopic (exact) mass is 389 g/mol. The van der Waals surface area contributed by atoms with Gasteiger partial charge in [0.1, 0.15) is 5.82 Å². The van der Waals surface area contributed by atoms with Crippen LogP contribution in [0, 0.1) is 11.6 Å². The summed E-state index contributed by atoms with van der Waals surface area (Å²) < 4.78 is 28.1. The Morgan fingerprint density at radius 1 is 1.11 bits per heavy atom. The molecule has 0 heterocycles. The number of rotatable bonds is 2. The zero-order valence-electron chi connectivity index (χ0n) is 9.38. The summed E-state index contributed by atoms with van der Waals surface area (Å²) in [7, 11) is 0. The van der Waals surface area contributed by atoms with E-state index < -0.39 is 23.0 Å². The minimum Gasteiger partial charge on any atom is -0.399 e. The molecule has 0 bridgehead atoms. The third-order valence-electron chi connectivity index (χ3n) is 2.45. The molecule has 0 radical (unpaired) electrons. The summed E-state index contributed by atoms with van der Waals surface area (Å²) in [5.74, 6) is -2.60. The number of hydrogen-bond donors (Lipinski definition) is 1. The highest BCUT2D eigenvalue weighted by Gasteiger charge is 2.21. The predicted octanol–water partition coefficient (Wildman–Crippen LogP) is 4.30. The molecule has 0 aliphatic carbocycles. The molecule has 2 aromatic carbocycles. The molecule has 0 aromatic heterocycles. The van der Waals surface area contributed by atoms with E-state index in [1.807, 2.05) is 0 Å². The zero-order valence-corrected chi connectivity index (χ0v) is 12.6. The maximum absolute atomic E-state index is 13.8. The van der Waals surface area contributed by atoms with Crippen molar-refractivity contribution in [2.75, 3.05) is 5.73 Å². The van der Waals surface area contributed by atoms with Gasteiger partial charge in [-0.15, -0.1) is 0 Å². The van der Waals surface area contributed by atoms with Crippen LogP contribution in [0.4, 0.5) is 14.5 Å². The molecule has 0 aliphatic heterocycles. The maximum atomic E-state index is 13.8. The van der Waals surface area contributed by atoms with Gasteiger partial charge < -0.3 is 5.73 Å². The largest absolute Gasteiger partial charge is 0.399 e. The number of carbonyl (C=O) groups excluding carboxylic acids is 1. The van der Waals surface area contributed by atoms with Crippen LogP contribution in [-0.2, 0) is 0 Å². The third-order valence-corrected chi connectivity index (χ3v) is 3.52. The van der Waals surface area contributed by atoms with E-state index in [1.165, 1.54) is 18.2 Å². The second-order valence-electron chi connectivity index (χ2n) is 3.82. The van der Waals surface area contributed by atoms with Crippen molar-refractivity contribution in [1.29, 1.82) is 0 Å². The minimum atomic E-state index is -0.927. The van der Waals surface area contributed by atoms with Crippen molar-refractivity contribution in [3.8, 4) is 0 Å². The van der Waals surface area contributed by atoms with E-state index in [0.29, 0.717) is 10.2 Å². The molecule has 0 atom stereocenters. The highest BCUT2D eigenvalue weighted by Crippen LogP contribution is 2.26. The number of ketones is 1. The molecule has 2 nitrogen and oxygen atoms in total. The number of anilines is 1. The van der Waals surface area contributed by atoms with E-state index >= 15 is 0 Å². The quantitative estimate of drug-likeness (QED) is 0.472. The lowest BCUT2D eigenvalue weighted by Gasteiger charge is -2.07. The van der Waals surface area contributed by atoms with E-state index in [1.54, 1.807) is 6.07 Å². The Bertz CT molecular complexity index is 654. The average Bonchev–Trinajstić information content (AvgIpc) is 2.33. The van der Waals surface area contributed by atoms with E-state index in [2.05, 4.69) is 31.9 Å². The van der Waals surface area contributed by atoms with Gasteiger partial charge in [0.15, 0.2) is 11.6 Å². The molecule has 0 unspecified atom stereocenters. The summed E-state index contributed by atoms with van der Waals surface area (Å²) in [6, 6.07) is 6.65. The van der Waals surface area contributed by atoms with Gasteiger partial charge in [0.05, 0.1) is 10.0 Å². The first-order valence-corrected chi connectivity index (χ1v) is 6.73. The van der Waals surface area contributed by atoms with E-state index in [-0.39, 0.29) is 10.0 Å². The molecule has 2 aromatic rings. The number of benzene rings is 2. The number of hydrogen-bond acceptors (Lipinski definition) is 2. The first kappa shape index (κ1) is 14.1.